The zero-order valence-corrected chi connectivity index (χ0v) is 13.3. The molecule has 0 heterocycles. The predicted octanol–water partition coefficient (Wildman–Crippen LogP) is 2.66. The van der Waals surface area contributed by atoms with Crippen LogP contribution in [0, 0.1) is 5.41 Å². The second kappa shape index (κ2) is 8.65. The first-order valence-corrected chi connectivity index (χ1v) is 7.33. The van der Waals surface area contributed by atoms with Crippen molar-refractivity contribution < 1.29 is 4.79 Å². The van der Waals surface area contributed by atoms with E-state index in [1.807, 2.05) is 20.8 Å². The van der Waals surface area contributed by atoms with Crippen LogP contribution in [0.25, 0.3) is 0 Å². The number of nitrogens with zero attached hydrogens (tertiary/aromatic N) is 2. The summed E-state index contributed by atoms with van der Waals surface area (Å²) in [5.74, 6) is 0.340. The molecule has 0 aromatic rings. The number of likely N-dealkylation sites (N-methyl/N-ethyl adjacent to an activating group) is 1. The molecule has 0 rings (SSSR count). The Labute approximate surface area is 114 Å². The van der Waals surface area contributed by atoms with E-state index < -0.39 is 0 Å². The minimum Gasteiger partial charge on any atom is -0.304 e. The molecule has 0 aliphatic heterocycles. The Morgan fingerprint density at radius 1 is 0.889 bits per heavy atom. The number of carbonyl (C=O) groups excluding carboxylic acids is 1. The Balaban J connectivity index is 4.02. The lowest BCUT2D eigenvalue weighted by Gasteiger charge is -2.26. The highest BCUT2D eigenvalue weighted by molar-refractivity contribution is 5.85. The van der Waals surface area contributed by atoms with E-state index in [4.69, 9.17) is 0 Å². The summed E-state index contributed by atoms with van der Waals surface area (Å²) in [6, 6.07) is 0. The summed E-state index contributed by atoms with van der Waals surface area (Å²) in [7, 11) is 0. The largest absolute Gasteiger partial charge is 0.304 e. The first kappa shape index (κ1) is 17.6. The smallest absolute Gasteiger partial charge is 0.152 e. The molecule has 0 aliphatic carbocycles. The third-order valence-electron chi connectivity index (χ3n) is 3.49. The number of hydrogen-bond acceptors (Lipinski definition) is 3. The molecule has 3 heteroatoms. The van der Waals surface area contributed by atoms with Gasteiger partial charge in [-0.05, 0) is 39.1 Å². The van der Waals surface area contributed by atoms with E-state index in [1.165, 1.54) is 0 Å². The summed E-state index contributed by atoms with van der Waals surface area (Å²) in [6.45, 7) is 18.5. The fourth-order valence-corrected chi connectivity index (χ4v) is 1.85. The second-order valence-electron chi connectivity index (χ2n) is 5.92. The van der Waals surface area contributed by atoms with Crippen LogP contribution in [-0.4, -0.2) is 54.9 Å². The Bertz CT molecular complexity index is 229. The van der Waals surface area contributed by atoms with Gasteiger partial charge in [0.1, 0.15) is 0 Å². The van der Waals surface area contributed by atoms with E-state index in [-0.39, 0.29) is 5.41 Å². The van der Waals surface area contributed by atoms with Crippen LogP contribution in [0.15, 0.2) is 0 Å². The Morgan fingerprint density at radius 3 is 1.72 bits per heavy atom. The van der Waals surface area contributed by atoms with Crippen LogP contribution in [0.2, 0.25) is 0 Å². The molecule has 0 spiro atoms. The van der Waals surface area contributed by atoms with Gasteiger partial charge in [0.25, 0.3) is 0 Å². The molecule has 0 saturated heterocycles. The highest BCUT2D eigenvalue weighted by atomic mass is 16.1. The highest BCUT2D eigenvalue weighted by Gasteiger charge is 2.22. The topological polar surface area (TPSA) is 23.6 Å². The molecule has 0 aromatic carbocycles. The van der Waals surface area contributed by atoms with Gasteiger partial charge < -0.3 is 4.90 Å². The average molecular weight is 256 g/mol. The molecular weight excluding hydrogens is 224 g/mol. The van der Waals surface area contributed by atoms with Gasteiger partial charge in [-0.25, -0.2) is 0 Å². The molecule has 18 heavy (non-hydrogen) atoms. The molecule has 0 radical (unpaired) electrons. The summed E-state index contributed by atoms with van der Waals surface area (Å²) in [5, 5.41) is 0. The van der Waals surface area contributed by atoms with Gasteiger partial charge in [0.15, 0.2) is 5.78 Å². The van der Waals surface area contributed by atoms with Crippen LogP contribution in [0.1, 0.15) is 48.0 Å². The molecule has 0 aliphatic rings. The number of carbonyl (C=O) groups is 1. The third kappa shape index (κ3) is 7.12. The van der Waals surface area contributed by atoms with E-state index in [0.29, 0.717) is 12.3 Å². The average Bonchev–Trinajstić information content (AvgIpc) is 2.31. The Hall–Kier alpha value is -0.410. The molecule has 0 amide bonds. The minimum atomic E-state index is -0.216. The second-order valence-corrected chi connectivity index (χ2v) is 5.92. The third-order valence-corrected chi connectivity index (χ3v) is 3.49. The Morgan fingerprint density at radius 2 is 1.33 bits per heavy atom. The van der Waals surface area contributed by atoms with Crippen LogP contribution in [0.5, 0.6) is 0 Å². The first-order chi connectivity index (χ1) is 8.35. The molecule has 108 valence electrons. The van der Waals surface area contributed by atoms with Gasteiger partial charge in [0.05, 0.1) is 6.54 Å². The van der Waals surface area contributed by atoms with Crippen molar-refractivity contribution in [2.24, 2.45) is 5.41 Å². The lowest BCUT2D eigenvalue weighted by molar-refractivity contribution is -0.127. The van der Waals surface area contributed by atoms with Crippen molar-refractivity contribution in [3.8, 4) is 0 Å². The van der Waals surface area contributed by atoms with E-state index in [9.17, 15) is 4.79 Å². The van der Waals surface area contributed by atoms with Crippen molar-refractivity contribution in [2.45, 2.75) is 48.0 Å². The standard InChI is InChI=1S/C15H32N2O/c1-7-16(8-2)11-10-12-17(9-3)13-14(18)15(4,5)6/h7-13H2,1-6H3. The molecule has 0 bridgehead atoms. The minimum absolute atomic E-state index is 0.216. The van der Waals surface area contributed by atoms with Gasteiger partial charge in [0.2, 0.25) is 0 Å². The normalized spacial score (nSPS) is 12.4. The van der Waals surface area contributed by atoms with Crippen molar-refractivity contribution >= 4 is 5.78 Å². The number of rotatable bonds is 9. The molecule has 0 fully saturated rings. The highest BCUT2D eigenvalue weighted by Crippen LogP contribution is 2.15. The van der Waals surface area contributed by atoms with Gasteiger partial charge in [-0.3, -0.25) is 9.69 Å². The zero-order chi connectivity index (χ0) is 14.2. The first-order valence-electron chi connectivity index (χ1n) is 7.33. The number of ketones is 1. The summed E-state index contributed by atoms with van der Waals surface area (Å²) >= 11 is 0. The maximum Gasteiger partial charge on any atom is 0.152 e. The van der Waals surface area contributed by atoms with E-state index >= 15 is 0 Å². The van der Waals surface area contributed by atoms with Gasteiger partial charge in [-0.15, -0.1) is 0 Å². The molecule has 0 saturated carbocycles. The van der Waals surface area contributed by atoms with Gasteiger partial charge in [0, 0.05) is 5.41 Å². The van der Waals surface area contributed by atoms with E-state index in [1.54, 1.807) is 0 Å². The van der Waals surface area contributed by atoms with Crippen LogP contribution >= 0.6 is 0 Å². The van der Waals surface area contributed by atoms with E-state index in [2.05, 4.69) is 30.6 Å². The lowest BCUT2D eigenvalue weighted by Crippen LogP contribution is -2.37. The summed E-state index contributed by atoms with van der Waals surface area (Å²) in [5.41, 5.74) is -0.216. The van der Waals surface area contributed by atoms with Crippen LogP contribution in [-0.2, 0) is 4.79 Å². The van der Waals surface area contributed by atoms with Crippen molar-refractivity contribution in [3.05, 3.63) is 0 Å². The number of Topliss-reactive ketones (excluding diaryl/α,β-unsaturated/α-hetero) is 1. The maximum absolute atomic E-state index is 12.0. The molecular formula is C15H32N2O. The summed E-state index contributed by atoms with van der Waals surface area (Å²) < 4.78 is 0. The molecule has 0 unspecified atom stereocenters. The monoisotopic (exact) mass is 256 g/mol. The molecule has 0 aromatic heterocycles. The number of hydrogen-bond donors (Lipinski definition) is 0. The fraction of sp³-hybridized carbons (Fsp3) is 0.933. The van der Waals surface area contributed by atoms with Crippen LogP contribution in [0.4, 0.5) is 0 Å². The van der Waals surface area contributed by atoms with Crippen LogP contribution < -0.4 is 0 Å². The Kier molecular flexibility index (Phi) is 8.45. The van der Waals surface area contributed by atoms with Gasteiger partial charge in [-0.1, -0.05) is 41.5 Å². The molecule has 0 N–H and O–H groups in total. The van der Waals surface area contributed by atoms with Gasteiger partial charge in [-0.2, -0.15) is 0 Å². The quantitative estimate of drug-likeness (QED) is 0.633. The van der Waals surface area contributed by atoms with Crippen LogP contribution in [0.3, 0.4) is 0 Å². The lowest BCUT2D eigenvalue weighted by atomic mass is 9.90. The van der Waals surface area contributed by atoms with Crippen molar-refractivity contribution in [2.75, 3.05) is 39.3 Å². The summed E-state index contributed by atoms with van der Waals surface area (Å²) in [6.07, 6.45) is 1.15. The fourth-order valence-electron chi connectivity index (χ4n) is 1.85. The summed E-state index contributed by atoms with van der Waals surface area (Å²) in [4.78, 5) is 16.7. The SMILES string of the molecule is CCN(CC)CCCN(CC)CC(=O)C(C)(C)C. The maximum atomic E-state index is 12.0. The van der Waals surface area contributed by atoms with Crippen molar-refractivity contribution in [1.82, 2.24) is 9.80 Å². The predicted molar refractivity (Wildman–Crippen MR) is 79.0 cm³/mol. The van der Waals surface area contributed by atoms with Crippen molar-refractivity contribution in [1.29, 1.82) is 0 Å². The molecule has 3 nitrogen and oxygen atoms in total. The van der Waals surface area contributed by atoms with Gasteiger partial charge >= 0.3 is 0 Å². The molecule has 0 atom stereocenters. The zero-order valence-electron chi connectivity index (χ0n) is 13.3. The van der Waals surface area contributed by atoms with E-state index in [0.717, 1.165) is 39.1 Å². The van der Waals surface area contributed by atoms with Crippen molar-refractivity contribution in [3.63, 3.8) is 0 Å².